The van der Waals surface area contributed by atoms with Crippen LogP contribution >= 0.6 is 0 Å². The van der Waals surface area contributed by atoms with Crippen LogP contribution in [0.5, 0.6) is 0 Å². The first-order valence-corrected chi connectivity index (χ1v) is 13.2. The molecule has 7 rings (SSSR count). The SMILES string of the molecule is O=C(c1ccnc(Nc2ccccn2)c1)N1CC2CN(C(=O)c3cccc(-c4cn5ccccc5n4)n3)CC2C1. The van der Waals surface area contributed by atoms with Crippen LogP contribution in [-0.4, -0.2) is 72.1 Å². The van der Waals surface area contributed by atoms with Crippen LogP contribution < -0.4 is 5.32 Å². The number of hydrogen-bond acceptors (Lipinski definition) is 7. The maximum atomic E-state index is 13.4. The van der Waals surface area contributed by atoms with Crippen LogP contribution in [0, 0.1) is 11.8 Å². The predicted molar refractivity (Wildman–Crippen MR) is 149 cm³/mol. The average Bonchev–Trinajstić information content (AvgIpc) is 3.71. The molecule has 0 aliphatic carbocycles. The van der Waals surface area contributed by atoms with Crippen molar-refractivity contribution in [3.05, 3.63) is 103 Å². The second-order valence-electron chi connectivity index (χ2n) is 10.2. The highest BCUT2D eigenvalue weighted by molar-refractivity contribution is 5.95. The van der Waals surface area contributed by atoms with Gasteiger partial charge in [0.2, 0.25) is 0 Å². The van der Waals surface area contributed by atoms with Crippen LogP contribution in [0.3, 0.4) is 0 Å². The van der Waals surface area contributed by atoms with Gasteiger partial charge in [-0.3, -0.25) is 9.59 Å². The number of nitrogens with one attached hydrogen (secondary N) is 1. The van der Waals surface area contributed by atoms with Gasteiger partial charge >= 0.3 is 0 Å². The molecule has 2 unspecified atom stereocenters. The smallest absolute Gasteiger partial charge is 0.272 e. The Balaban J connectivity index is 1.00. The lowest BCUT2D eigenvalue weighted by Gasteiger charge is -2.22. The van der Waals surface area contributed by atoms with E-state index >= 15 is 0 Å². The highest BCUT2D eigenvalue weighted by Crippen LogP contribution is 2.33. The fourth-order valence-electron chi connectivity index (χ4n) is 5.62. The zero-order chi connectivity index (χ0) is 27.1. The summed E-state index contributed by atoms with van der Waals surface area (Å²) < 4.78 is 1.93. The molecule has 5 aromatic rings. The number of nitrogens with zero attached hydrogens (tertiary/aromatic N) is 7. The highest BCUT2D eigenvalue weighted by atomic mass is 16.2. The van der Waals surface area contributed by atoms with E-state index in [9.17, 15) is 9.59 Å². The lowest BCUT2D eigenvalue weighted by atomic mass is 10.0. The van der Waals surface area contributed by atoms with Crippen LogP contribution in [0.15, 0.2) is 91.5 Å². The van der Waals surface area contributed by atoms with Gasteiger partial charge in [-0.1, -0.05) is 18.2 Å². The third-order valence-corrected chi connectivity index (χ3v) is 7.58. The Bertz CT molecular complexity index is 1670. The Labute approximate surface area is 230 Å². The van der Waals surface area contributed by atoms with Crippen molar-refractivity contribution in [1.82, 2.24) is 34.1 Å². The Morgan fingerprint density at radius 3 is 2.27 bits per heavy atom. The molecule has 0 bridgehead atoms. The third kappa shape index (κ3) is 4.53. The fraction of sp³-hybridized carbons (Fsp3) is 0.200. The Kier molecular flexibility index (Phi) is 5.92. The maximum Gasteiger partial charge on any atom is 0.272 e. The van der Waals surface area contributed by atoms with Crippen molar-refractivity contribution in [3.63, 3.8) is 0 Å². The van der Waals surface area contributed by atoms with Crippen LogP contribution in [0.1, 0.15) is 20.8 Å². The number of rotatable bonds is 5. The van der Waals surface area contributed by atoms with E-state index < -0.39 is 0 Å². The van der Waals surface area contributed by atoms with Crippen LogP contribution in [0.4, 0.5) is 11.6 Å². The average molecular weight is 531 g/mol. The molecule has 2 amide bonds. The first kappa shape index (κ1) is 24.0. The van der Waals surface area contributed by atoms with Gasteiger partial charge in [-0.2, -0.15) is 0 Å². The van der Waals surface area contributed by atoms with E-state index in [0.29, 0.717) is 54.8 Å². The van der Waals surface area contributed by atoms with Crippen molar-refractivity contribution in [2.45, 2.75) is 0 Å². The summed E-state index contributed by atoms with van der Waals surface area (Å²) in [6.07, 6.45) is 7.17. The van der Waals surface area contributed by atoms with Crippen LogP contribution in [-0.2, 0) is 0 Å². The molecule has 198 valence electrons. The quantitative estimate of drug-likeness (QED) is 0.368. The molecule has 10 nitrogen and oxygen atoms in total. The molecule has 0 aromatic carbocycles. The molecule has 10 heteroatoms. The van der Waals surface area contributed by atoms with E-state index in [4.69, 9.17) is 0 Å². The van der Waals surface area contributed by atoms with Crippen LogP contribution in [0.25, 0.3) is 17.0 Å². The number of aromatic nitrogens is 5. The van der Waals surface area contributed by atoms with Gasteiger partial charge in [0.05, 0.1) is 5.69 Å². The van der Waals surface area contributed by atoms with Gasteiger partial charge in [-0.25, -0.2) is 19.9 Å². The highest BCUT2D eigenvalue weighted by Gasteiger charge is 2.43. The van der Waals surface area contributed by atoms with E-state index in [1.54, 1.807) is 30.6 Å². The zero-order valence-electron chi connectivity index (χ0n) is 21.6. The molecule has 2 saturated heterocycles. The number of pyridine rings is 4. The van der Waals surface area contributed by atoms with Crippen molar-refractivity contribution in [2.24, 2.45) is 11.8 Å². The monoisotopic (exact) mass is 530 g/mol. The fourth-order valence-corrected chi connectivity index (χ4v) is 5.62. The second kappa shape index (κ2) is 9.88. The largest absolute Gasteiger partial charge is 0.338 e. The summed E-state index contributed by atoms with van der Waals surface area (Å²) in [7, 11) is 0. The van der Waals surface area contributed by atoms with Gasteiger partial charge < -0.3 is 19.5 Å². The Morgan fingerprint density at radius 2 is 1.50 bits per heavy atom. The number of carbonyl (C=O) groups excluding carboxylic acids is 2. The molecule has 7 heterocycles. The maximum absolute atomic E-state index is 13.4. The first-order chi connectivity index (χ1) is 19.6. The molecule has 2 fully saturated rings. The first-order valence-electron chi connectivity index (χ1n) is 13.2. The van der Waals surface area contributed by atoms with Crippen molar-refractivity contribution in [1.29, 1.82) is 0 Å². The van der Waals surface area contributed by atoms with Crippen molar-refractivity contribution in [2.75, 3.05) is 31.5 Å². The minimum atomic E-state index is -0.0859. The van der Waals surface area contributed by atoms with Gasteiger partial charge in [0.25, 0.3) is 11.8 Å². The molecule has 2 atom stereocenters. The van der Waals surface area contributed by atoms with E-state index in [0.717, 1.165) is 11.3 Å². The minimum Gasteiger partial charge on any atom is -0.338 e. The van der Waals surface area contributed by atoms with Crippen LogP contribution in [0.2, 0.25) is 0 Å². The zero-order valence-corrected chi connectivity index (χ0v) is 21.6. The summed E-state index contributed by atoms with van der Waals surface area (Å²) in [5.74, 6) is 1.60. The predicted octanol–water partition coefficient (Wildman–Crippen LogP) is 3.77. The molecule has 0 spiro atoms. The van der Waals surface area contributed by atoms with Gasteiger partial charge in [-0.05, 0) is 48.5 Å². The van der Waals surface area contributed by atoms with Gasteiger partial charge in [0.15, 0.2) is 0 Å². The molecular weight excluding hydrogens is 504 g/mol. The van der Waals surface area contributed by atoms with Gasteiger partial charge in [0.1, 0.15) is 28.7 Å². The molecule has 5 aromatic heterocycles. The number of amides is 2. The Morgan fingerprint density at radius 1 is 0.725 bits per heavy atom. The van der Waals surface area contributed by atoms with E-state index in [1.807, 2.05) is 75.1 Å². The molecule has 0 saturated carbocycles. The summed E-state index contributed by atoms with van der Waals surface area (Å²) in [6.45, 7) is 2.45. The standard InChI is InChI=1S/C30H26N8O2/c39-29(20-10-12-32-27(14-20)35-26-8-1-3-11-31-26)37-15-21-17-38(18-22(21)16-37)30(40)24-7-5-6-23(33-24)25-19-36-13-4-2-9-28(36)34-25/h1-14,19,21-22H,15-18H2,(H,31,32,35). The summed E-state index contributed by atoms with van der Waals surface area (Å²) in [4.78, 5) is 48.3. The summed E-state index contributed by atoms with van der Waals surface area (Å²) in [6, 6.07) is 20.3. The summed E-state index contributed by atoms with van der Waals surface area (Å²) in [5.41, 5.74) is 3.21. The van der Waals surface area contributed by atoms with Gasteiger partial charge in [-0.15, -0.1) is 0 Å². The minimum absolute atomic E-state index is 0.0273. The number of likely N-dealkylation sites (tertiary alicyclic amines) is 2. The third-order valence-electron chi connectivity index (χ3n) is 7.58. The summed E-state index contributed by atoms with van der Waals surface area (Å²) >= 11 is 0. The van der Waals surface area contributed by atoms with Crippen molar-refractivity contribution in [3.8, 4) is 11.4 Å². The lowest BCUT2D eigenvalue weighted by Crippen LogP contribution is -2.36. The number of hydrogen-bond donors (Lipinski definition) is 1. The van der Waals surface area contributed by atoms with Crippen molar-refractivity contribution >= 4 is 29.1 Å². The molecule has 40 heavy (non-hydrogen) atoms. The lowest BCUT2D eigenvalue weighted by molar-refractivity contribution is 0.0735. The molecular formula is C30H26N8O2. The Hall–Kier alpha value is -5.12. The normalized spacial score (nSPS) is 18.2. The van der Waals surface area contributed by atoms with E-state index in [-0.39, 0.29) is 23.7 Å². The summed E-state index contributed by atoms with van der Waals surface area (Å²) in [5, 5.41) is 3.14. The van der Waals surface area contributed by atoms with Gasteiger partial charge in [0, 0.05) is 68.4 Å². The molecule has 1 N–H and O–H groups in total. The number of carbonyl (C=O) groups is 2. The topological polar surface area (TPSA) is 109 Å². The molecule has 0 radical (unpaired) electrons. The molecule has 2 aliphatic rings. The number of anilines is 2. The number of imidazole rings is 1. The second-order valence-corrected chi connectivity index (χ2v) is 10.2. The van der Waals surface area contributed by atoms with E-state index in [1.165, 1.54) is 0 Å². The van der Waals surface area contributed by atoms with Crippen molar-refractivity contribution < 1.29 is 9.59 Å². The molecule has 2 aliphatic heterocycles. The number of fused-ring (bicyclic) bond motifs is 2. The van der Waals surface area contributed by atoms with E-state index in [2.05, 4.69) is 25.3 Å².